The molecule has 0 unspecified atom stereocenters. The van der Waals surface area contributed by atoms with Crippen molar-refractivity contribution in [3.05, 3.63) is 69.2 Å². The summed E-state index contributed by atoms with van der Waals surface area (Å²) in [4.78, 5) is 17.6. The quantitative estimate of drug-likeness (QED) is 0.205. The Balaban J connectivity index is 0. The molecule has 0 saturated heterocycles. The molecule has 2 radical (unpaired) electrons. The number of hydrogen-bond acceptors (Lipinski definition) is 4. The normalized spacial score (nSPS) is 16.0. The molecule has 0 heterocycles. The van der Waals surface area contributed by atoms with E-state index >= 15 is 0 Å². The summed E-state index contributed by atoms with van der Waals surface area (Å²) in [7, 11) is 0. The van der Waals surface area contributed by atoms with Crippen LogP contribution in [0.1, 0.15) is 48.0 Å². The van der Waals surface area contributed by atoms with Gasteiger partial charge in [0.25, 0.3) is 0 Å². The predicted molar refractivity (Wildman–Crippen MR) is 112 cm³/mol. The number of halogens is 6. The number of allylic oxidation sites excluding steroid dienone is 8. The Morgan fingerprint density at radius 2 is 0.919 bits per heavy atom. The number of carboxylic acids is 2. The van der Waals surface area contributed by atoms with Crippen molar-refractivity contribution in [1.29, 1.82) is 0 Å². The van der Waals surface area contributed by atoms with Crippen molar-refractivity contribution < 1.29 is 101 Å². The topological polar surface area (TPSA) is 80.3 Å². The molecular formula is C25H24F6Hg2O4. The minimum absolute atomic E-state index is 0. The van der Waals surface area contributed by atoms with E-state index < -0.39 is 24.3 Å². The zero-order valence-corrected chi connectivity index (χ0v) is 32.3. The molecule has 0 amide bonds. The van der Waals surface area contributed by atoms with Gasteiger partial charge >= 0.3 is 67.7 Å². The maximum Gasteiger partial charge on any atom is 1.00 e. The van der Waals surface area contributed by atoms with Crippen molar-refractivity contribution in [2.45, 2.75) is 60.3 Å². The second-order valence-corrected chi connectivity index (χ2v) is 9.81. The standard InChI is InChI=1S/C21H24.2C2HF3O2.2Hg/c1-20(2,3)16-9-7-14-11-15-8-10-17(21(4,5)6)13-19(15)18(14)12-16;2*3-2(4,5)1(6)7;;/h9-10,12-13H,11H2,1-6H3;2*(H,6,7);;/q;;;2*+1/p-2. The van der Waals surface area contributed by atoms with E-state index in [-0.39, 0.29) is 66.2 Å². The minimum atomic E-state index is -5.19. The van der Waals surface area contributed by atoms with Crippen LogP contribution in [-0.4, -0.2) is 24.3 Å². The molecule has 0 aromatic rings. The first kappa shape index (κ1) is 37.8. The SMILES string of the molecule is CC(C)(C)C1=CC2=C3C=C(C(C)(C)C)C=C=C3CC2=C=C1.O=C([O-])C(F)(F)F.O=C([O-])C(F)(F)F.[Hg+].[Hg+]. The number of carbonyl (C=O) groups is 2. The van der Waals surface area contributed by atoms with Crippen LogP contribution in [0, 0.1) is 10.8 Å². The van der Waals surface area contributed by atoms with Gasteiger partial charge in [-0.3, -0.25) is 0 Å². The molecule has 3 rings (SSSR count). The summed E-state index contributed by atoms with van der Waals surface area (Å²) in [6.45, 7) is 13.6. The van der Waals surface area contributed by atoms with Crippen molar-refractivity contribution >= 4 is 11.9 Å². The second-order valence-electron chi connectivity index (χ2n) is 9.81. The largest absolute Gasteiger partial charge is 1.00 e. The molecule has 0 atom stereocenters. The fraction of sp³-hybridized carbons (Fsp3) is 0.440. The molecule has 0 bridgehead atoms. The number of hydrogen-bond donors (Lipinski definition) is 0. The second kappa shape index (κ2) is 13.6. The maximum atomic E-state index is 10.5. The van der Waals surface area contributed by atoms with Crippen molar-refractivity contribution in [2.24, 2.45) is 10.8 Å². The first-order chi connectivity index (χ1) is 15.5. The molecule has 0 saturated carbocycles. The van der Waals surface area contributed by atoms with Gasteiger partial charge in [-0.2, -0.15) is 26.3 Å². The number of fused-ring (bicyclic) bond motifs is 2. The molecule has 0 spiro atoms. The fourth-order valence-electron chi connectivity index (χ4n) is 2.87. The van der Waals surface area contributed by atoms with Crippen molar-refractivity contribution in [3.8, 4) is 0 Å². The van der Waals surface area contributed by atoms with Crippen LogP contribution in [0.3, 0.4) is 0 Å². The smallest absolute Gasteiger partial charge is 0.542 e. The van der Waals surface area contributed by atoms with E-state index in [0.29, 0.717) is 0 Å². The Bertz CT molecular complexity index is 1040. The van der Waals surface area contributed by atoms with E-state index in [2.05, 4.69) is 77.3 Å². The van der Waals surface area contributed by atoms with E-state index in [1.807, 2.05) is 0 Å². The van der Waals surface area contributed by atoms with Crippen LogP contribution in [0.5, 0.6) is 0 Å². The first-order valence-corrected chi connectivity index (χ1v) is 10.2. The first-order valence-electron chi connectivity index (χ1n) is 10.2. The zero-order valence-electron chi connectivity index (χ0n) is 21.3. The van der Waals surface area contributed by atoms with Gasteiger partial charge in [0.1, 0.15) is 11.9 Å². The van der Waals surface area contributed by atoms with Gasteiger partial charge in [-0.05, 0) is 57.4 Å². The van der Waals surface area contributed by atoms with Crippen LogP contribution in [0.4, 0.5) is 26.3 Å². The molecule has 12 heteroatoms. The Morgan fingerprint density at radius 1 is 0.676 bits per heavy atom. The summed E-state index contributed by atoms with van der Waals surface area (Å²) < 4.78 is 63.1. The summed E-state index contributed by atoms with van der Waals surface area (Å²) in [5.74, 6) is -6.01. The van der Waals surface area contributed by atoms with Crippen LogP contribution in [0.25, 0.3) is 0 Å². The molecule has 0 fully saturated rings. The van der Waals surface area contributed by atoms with Gasteiger partial charge in [-0.15, -0.1) is 11.5 Å². The fourth-order valence-corrected chi connectivity index (χ4v) is 2.87. The average Bonchev–Trinajstić information content (AvgIpc) is 3.03. The molecule has 3 aliphatic carbocycles. The molecule has 0 N–H and O–H groups in total. The molecule has 0 aliphatic heterocycles. The van der Waals surface area contributed by atoms with Gasteiger partial charge in [0.15, 0.2) is 0 Å². The Labute approximate surface area is 252 Å². The molecule has 3 aliphatic rings. The molecule has 0 aromatic carbocycles. The molecule has 4 nitrogen and oxygen atoms in total. The Morgan fingerprint density at radius 3 is 1.11 bits per heavy atom. The van der Waals surface area contributed by atoms with Crippen LogP contribution in [-0.2, 0) is 64.9 Å². The van der Waals surface area contributed by atoms with Crippen LogP contribution in [0.2, 0.25) is 0 Å². The summed E-state index contributed by atoms with van der Waals surface area (Å²) >= 11 is 0. The van der Waals surface area contributed by atoms with E-state index in [0.717, 1.165) is 6.42 Å². The third-order valence-electron chi connectivity index (χ3n) is 4.89. The van der Waals surface area contributed by atoms with Gasteiger partial charge in [0.05, 0.1) is 0 Å². The third-order valence-corrected chi connectivity index (χ3v) is 4.89. The number of rotatable bonds is 0. The zero-order chi connectivity index (χ0) is 27.6. The van der Waals surface area contributed by atoms with Crippen molar-refractivity contribution in [2.75, 3.05) is 0 Å². The number of aliphatic carboxylic acids is 2. The summed E-state index contributed by atoms with van der Waals surface area (Å²) in [6, 6.07) is 0. The average molecular weight is 904 g/mol. The predicted octanol–water partition coefficient (Wildman–Crippen LogP) is 4.41. The Kier molecular flexibility index (Phi) is 13.9. The van der Waals surface area contributed by atoms with Gasteiger partial charge in [-0.1, -0.05) is 41.5 Å². The third kappa shape index (κ3) is 11.5. The van der Waals surface area contributed by atoms with Crippen LogP contribution in [0.15, 0.2) is 69.2 Å². The number of alkyl halides is 6. The van der Waals surface area contributed by atoms with E-state index in [4.69, 9.17) is 19.8 Å². The molecular weight excluding hydrogens is 879 g/mol. The van der Waals surface area contributed by atoms with Crippen molar-refractivity contribution in [3.63, 3.8) is 0 Å². The van der Waals surface area contributed by atoms with Crippen molar-refractivity contribution in [1.82, 2.24) is 0 Å². The monoisotopic (exact) mass is 906 g/mol. The van der Waals surface area contributed by atoms with E-state index in [1.165, 1.54) is 33.4 Å². The van der Waals surface area contributed by atoms with Crippen LogP contribution < -0.4 is 10.2 Å². The summed E-state index contributed by atoms with van der Waals surface area (Å²) in [5.41, 5.74) is 15.4. The van der Waals surface area contributed by atoms with E-state index in [1.54, 1.807) is 0 Å². The van der Waals surface area contributed by atoms with Gasteiger partial charge in [0, 0.05) is 17.6 Å². The van der Waals surface area contributed by atoms with Gasteiger partial charge in [-0.25, -0.2) is 0 Å². The van der Waals surface area contributed by atoms with Crippen LogP contribution >= 0.6 is 0 Å². The number of carboxylic acid groups (broad SMARTS) is 2. The molecule has 194 valence electrons. The summed E-state index contributed by atoms with van der Waals surface area (Å²) in [5, 5.41) is 17.6. The maximum absolute atomic E-state index is 10.5. The Hall–Kier alpha value is -1.35. The molecule has 0 aromatic heterocycles. The van der Waals surface area contributed by atoms with Gasteiger partial charge in [0.2, 0.25) is 0 Å². The number of carbonyl (C=O) groups excluding carboxylic acids is 2. The van der Waals surface area contributed by atoms with Gasteiger partial charge < -0.3 is 19.8 Å². The minimum Gasteiger partial charge on any atom is -0.542 e. The molecule has 37 heavy (non-hydrogen) atoms. The van der Waals surface area contributed by atoms with E-state index in [9.17, 15) is 26.3 Å². The summed E-state index contributed by atoms with van der Waals surface area (Å²) in [6.07, 6.45) is -0.375.